The number of benzene rings is 9. The van der Waals surface area contributed by atoms with E-state index >= 15 is 0 Å². The van der Waals surface area contributed by atoms with Crippen LogP contribution in [0.5, 0.6) is 0 Å². The normalized spacial score (nSPS) is 14.2. The van der Waals surface area contributed by atoms with E-state index in [0.717, 1.165) is 11.4 Å². The summed E-state index contributed by atoms with van der Waals surface area (Å²) in [6.45, 7) is -0.100. The summed E-state index contributed by atoms with van der Waals surface area (Å²) in [5.41, 5.74) is 28.1. The molecule has 0 unspecified atom stereocenters. The molecule has 0 saturated heterocycles. The van der Waals surface area contributed by atoms with Crippen LogP contribution < -0.4 is 41.3 Å². The van der Waals surface area contributed by atoms with E-state index in [9.17, 15) is 0 Å². The molecule has 60 heavy (non-hydrogen) atoms. The van der Waals surface area contributed by atoms with E-state index in [1.54, 1.807) is 0 Å². The summed E-state index contributed by atoms with van der Waals surface area (Å²) in [5, 5.41) is 0. The highest BCUT2D eigenvalue weighted by Crippen LogP contribution is 2.60. The molecular weight excluding hydrogens is 726 g/mol. The highest BCUT2D eigenvalue weighted by atomic mass is 15.2. The van der Waals surface area contributed by atoms with Crippen molar-refractivity contribution in [2.24, 2.45) is 0 Å². The Bertz CT molecular complexity index is 3160. The Labute approximate surface area is 349 Å². The highest BCUT2D eigenvalue weighted by molar-refractivity contribution is 7.00. The van der Waals surface area contributed by atoms with E-state index in [1.807, 2.05) is 0 Å². The van der Waals surface area contributed by atoms with Gasteiger partial charge in [-0.05, 0) is 93.6 Å². The molecule has 0 aliphatic carbocycles. The average Bonchev–Trinajstić information content (AvgIpc) is 3.32. The first-order valence-corrected chi connectivity index (χ1v) is 21.0. The monoisotopic (exact) mass is 758 g/mol. The Morgan fingerprint density at radius 3 is 1.10 bits per heavy atom. The molecule has 0 aromatic heterocycles. The first-order valence-electron chi connectivity index (χ1n) is 21.0. The number of rotatable bonds is 3. The lowest BCUT2D eigenvalue weighted by Crippen LogP contribution is -2.70. The molecule has 0 saturated carbocycles. The second kappa shape index (κ2) is 11.1. The smallest absolute Gasteiger partial charge is 0.333 e. The van der Waals surface area contributed by atoms with Gasteiger partial charge < -0.3 is 19.4 Å². The van der Waals surface area contributed by atoms with E-state index in [1.165, 1.54) is 112 Å². The molecule has 9 aromatic carbocycles. The molecule has 6 aliphatic heterocycles. The largest absolute Gasteiger partial charge is 0.376 e. The van der Waals surface area contributed by atoms with Crippen LogP contribution in [-0.2, 0) is 0 Å². The summed E-state index contributed by atoms with van der Waals surface area (Å²) in [4.78, 5) is 10.6. The van der Waals surface area contributed by atoms with Gasteiger partial charge in [-0.2, -0.15) is 0 Å². The zero-order chi connectivity index (χ0) is 38.8. The Kier molecular flexibility index (Phi) is 5.78. The molecule has 0 N–H and O–H groups in total. The van der Waals surface area contributed by atoms with Crippen molar-refractivity contribution in [1.29, 1.82) is 0 Å². The molecule has 0 bridgehead atoms. The molecule has 0 radical (unpaired) electrons. The van der Waals surface area contributed by atoms with Gasteiger partial charge in [-0.25, -0.2) is 0 Å². The Hall–Kier alpha value is -7.69. The van der Waals surface area contributed by atoms with Crippen LogP contribution in [0.15, 0.2) is 194 Å². The first-order chi connectivity index (χ1) is 29.9. The van der Waals surface area contributed by atoms with Gasteiger partial charge >= 0.3 is 13.7 Å². The van der Waals surface area contributed by atoms with Crippen LogP contribution in [0.2, 0.25) is 0 Å². The van der Waals surface area contributed by atoms with E-state index in [4.69, 9.17) is 0 Å². The van der Waals surface area contributed by atoms with Crippen LogP contribution in [-0.4, -0.2) is 13.7 Å². The summed E-state index contributed by atoms with van der Waals surface area (Å²) >= 11 is 0. The van der Waals surface area contributed by atoms with Crippen LogP contribution in [0.25, 0.3) is 44.5 Å². The van der Waals surface area contributed by atoms with Crippen molar-refractivity contribution >= 4 is 92.4 Å². The number of hydrogen-bond acceptors (Lipinski definition) is 4. The molecule has 15 rings (SSSR count). The lowest BCUT2D eigenvalue weighted by atomic mass is 9.35. The Balaban J connectivity index is 1.22. The Morgan fingerprint density at radius 2 is 0.650 bits per heavy atom. The van der Waals surface area contributed by atoms with Crippen molar-refractivity contribution in [1.82, 2.24) is 0 Å². The van der Waals surface area contributed by atoms with Gasteiger partial charge in [-0.15, -0.1) is 0 Å². The van der Waals surface area contributed by atoms with Gasteiger partial charge in [0.25, 0.3) is 0 Å². The summed E-state index contributed by atoms with van der Waals surface area (Å²) < 4.78 is 0. The van der Waals surface area contributed by atoms with Crippen LogP contribution in [0.3, 0.4) is 0 Å². The van der Waals surface area contributed by atoms with E-state index in [2.05, 4.69) is 214 Å². The number of nitrogens with zero attached hydrogens (tertiary/aromatic N) is 4. The second-order valence-corrected chi connectivity index (χ2v) is 16.7. The molecule has 6 aliphatic rings. The molecule has 274 valence electrons. The molecule has 0 amide bonds. The minimum absolute atomic E-state index is 0.0501. The van der Waals surface area contributed by atoms with Crippen LogP contribution in [0, 0.1) is 0 Å². The predicted molar refractivity (Wildman–Crippen MR) is 252 cm³/mol. The van der Waals surface area contributed by atoms with Gasteiger partial charge in [0.1, 0.15) is 0 Å². The van der Waals surface area contributed by atoms with Gasteiger partial charge in [-0.1, -0.05) is 133 Å². The number of hydrogen-bond donors (Lipinski definition) is 0. The van der Waals surface area contributed by atoms with Crippen molar-refractivity contribution in [3.8, 4) is 44.5 Å². The van der Waals surface area contributed by atoms with Gasteiger partial charge in [0.15, 0.2) is 0 Å². The zero-order valence-electron chi connectivity index (χ0n) is 32.4. The standard InChI is InChI=1S/C54H32B2N4/c1-3-17-33(18-4-1)57(34-19-5-2-6-20-34)53-47-39-23-9-13-29-43(39)59-41-27-11-7-21-35(41)37-25-15-31-45-49(37)55(59)51(47)54-52-48(53)40-24-10-14-30-44(40)60-42-28-12-8-22-36(42)38-26-16-32-46(58(45)54)50(38)56(52)60/h1-32H. The second-order valence-electron chi connectivity index (χ2n) is 16.7. The average molecular weight is 759 g/mol. The fraction of sp³-hybridized carbons (Fsp3) is 0. The molecule has 6 heterocycles. The zero-order valence-corrected chi connectivity index (χ0v) is 32.4. The minimum Gasteiger partial charge on any atom is -0.376 e. The maximum absolute atomic E-state index is 2.68. The Morgan fingerprint density at radius 1 is 0.300 bits per heavy atom. The fourth-order valence-corrected chi connectivity index (χ4v) is 12.0. The summed E-state index contributed by atoms with van der Waals surface area (Å²) in [6, 6.07) is 72.7. The van der Waals surface area contributed by atoms with Gasteiger partial charge in [0.2, 0.25) is 0 Å². The van der Waals surface area contributed by atoms with Gasteiger partial charge in [-0.3, -0.25) is 0 Å². The SMILES string of the molecule is c1ccc(N(c2ccccc2)c2c3c4c5c6c2-c2ccccc2N2B6c6c(cccc6N5c5cccc6c5B4N(c4ccccc4-6)c4ccccc4-3)-c3ccccc32)cc1. The molecule has 4 nitrogen and oxygen atoms in total. The third-order valence-corrected chi connectivity index (χ3v) is 14.0. The van der Waals surface area contributed by atoms with Crippen molar-refractivity contribution in [2.45, 2.75) is 0 Å². The van der Waals surface area contributed by atoms with Crippen molar-refractivity contribution in [2.75, 3.05) is 19.4 Å². The molecule has 0 fully saturated rings. The maximum atomic E-state index is 2.68. The molecular formula is C54H32B2N4. The van der Waals surface area contributed by atoms with Crippen LogP contribution in [0.1, 0.15) is 0 Å². The molecule has 0 atom stereocenters. The first kappa shape index (κ1) is 31.3. The third-order valence-electron chi connectivity index (χ3n) is 14.0. The van der Waals surface area contributed by atoms with E-state index in [-0.39, 0.29) is 13.7 Å². The molecule has 0 spiro atoms. The van der Waals surface area contributed by atoms with Crippen molar-refractivity contribution in [3.63, 3.8) is 0 Å². The topological polar surface area (TPSA) is 13.0 Å². The predicted octanol–water partition coefficient (Wildman–Crippen LogP) is 11.1. The summed E-state index contributed by atoms with van der Waals surface area (Å²) in [6.07, 6.45) is 0. The van der Waals surface area contributed by atoms with E-state index < -0.39 is 0 Å². The maximum Gasteiger partial charge on any atom is 0.333 e. The third kappa shape index (κ3) is 3.60. The number of fused-ring (bicyclic) bond motifs is 14. The minimum atomic E-state index is -0.0501. The molecule has 9 aromatic rings. The van der Waals surface area contributed by atoms with Crippen LogP contribution in [0.4, 0.5) is 56.9 Å². The van der Waals surface area contributed by atoms with Crippen LogP contribution >= 0.6 is 0 Å². The quantitative estimate of drug-likeness (QED) is 0.166. The number of para-hydroxylation sites is 6. The molecule has 6 heteroatoms. The van der Waals surface area contributed by atoms with Gasteiger partial charge in [0.05, 0.1) is 5.69 Å². The van der Waals surface area contributed by atoms with Crippen molar-refractivity contribution < 1.29 is 0 Å². The fourth-order valence-electron chi connectivity index (χ4n) is 12.0. The number of anilines is 10. The lowest BCUT2D eigenvalue weighted by Gasteiger charge is -2.55. The summed E-state index contributed by atoms with van der Waals surface area (Å²) in [7, 11) is 0. The van der Waals surface area contributed by atoms with Gasteiger partial charge in [0, 0.05) is 84.6 Å². The summed E-state index contributed by atoms with van der Waals surface area (Å²) in [5.74, 6) is 0. The lowest BCUT2D eigenvalue weighted by molar-refractivity contribution is 1.23. The van der Waals surface area contributed by atoms with Crippen molar-refractivity contribution in [3.05, 3.63) is 194 Å². The highest BCUT2D eigenvalue weighted by Gasteiger charge is 2.57. The van der Waals surface area contributed by atoms with E-state index in [0.29, 0.717) is 0 Å².